The number of amides is 1. The number of aryl methyl sites for hydroxylation is 1. The Bertz CT molecular complexity index is 1280. The molecule has 0 aliphatic heterocycles. The second-order valence-corrected chi connectivity index (χ2v) is 7.06. The zero-order chi connectivity index (χ0) is 21.8. The van der Waals surface area contributed by atoms with Crippen LogP contribution in [0.15, 0.2) is 88.1 Å². The Morgan fingerprint density at radius 2 is 1.74 bits per heavy atom. The van der Waals surface area contributed by atoms with Crippen LogP contribution >= 0.6 is 0 Å². The summed E-state index contributed by atoms with van der Waals surface area (Å²) in [6, 6.07) is 22.9. The average Bonchev–Trinajstić information content (AvgIpc) is 2.78. The number of hydrogen-bond donors (Lipinski definition) is 1. The van der Waals surface area contributed by atoms with Crippen molar-refractivity contribution in [1.29, 1.82) is 0 Å². The van der Waals surface area contributed by atoms with E-state index in [4.69, 9.17) is 13.9 Å². The molecular formula is C25H21NO5. The molecule has 0 unspecified atom stereocenters. The summed E-state index contributed by atoms with van der Waals surface area (Å²) >= 11 is 0. The predicted molar refractivity (Wildman–Crippen MR) is 119 cm³/mol. The van der Waals surface area contributed by atoms with Gasteiger partial charge in [-0.05, 0) is 42.8 Å². The molecule has 1 atom stereocenters. The minimum absolute atomic E-state index is 0.357. The van der Waals surface area contributed by atoms with Crippen molar-refractivity contribution >= 4 is 22.6 Å². The molecule has 6 heteroatoms. The summed E-state index contributed by atoms with van der Waals surface area (Å²) in [5, 5.41) is 3.67. The Balaban J connectivity index is 1.67. The lowest BCUT2D eigenvalue weighted by atomic mass is 10.1. The van der Waals surface area contributed by atoms with Crippen LogP contribution in [-0.2, 0) is 4.79 Å². The van der Waals surface area contributed by atoms with Crippen LogP contribution in [0.1, 0.15) is 17.2 Å². The van der Waals surface area contributed by atoms with E-state index in [0.717, 1.165) is 10.9 Å². The molecule has 0 aliphatic carbocycles. The van der Waals surface area contributed by atoms with Gasteiger partial charge in [-0.2, -0.15) is 0 Å². The molecule has 0 saturated carbocycles. The van der Waals surface area contributed by atoms with E-state index in [1.54, 1.807) is 37.4 Å². The quantitative estimate of drug-likeness (QED) is 0.455. The van der Waals surface area contributed by atoms with Gasteiger partial charge in [0.15, 0.2) is 0 Å². The zero-order valence-electron chi connectivity index (χ0n) is 17.1. The first kappa shape index (κ1) is 20.2. The lowest BCUT2D eigenvalue weighted by Crippen LogP contribution is -2.26. The standard InChI is InChI=1S/C25H21NO5/c1-16-8-12-21(29-2)20(14-16)26-25(28)24(18-6-4-3-5-7-18)30-19-11-9-17-10-13-23(27)31-22(17)15-19/h3-15,24H,1-2H3,(H,26,28)/t24-/m1/s1. The van der Waals surface area contributed by atoms with Gasteiger partial charge in [-0.1, -0.05) is 36.4 Å². The normalized spacial score (nSPS) is 11.7. The van der Waals surface area contributed by atoms with Gasteiger partial charge in [-0.3, -0.25) is 4.79 Å². The van der Waals surface area contributed by atoms with E-state index >= 15 is 0 Å². The van der Waals surface area contributed by atoms with E-state index in [-0.39, 0.29) is 5.91 Å². The molecule has 0 bridgehead atoms. The molecule has 1 amide bonds. The molecule has 156 valence electrons. The molecule has 4 rings (SSSR count). The summed E-state index contributed by atoms with van der Waals surface area (Å²) in [6.07, 6.45) is -0.931. The molecule has 0 aliphatic rings. The fourth-order valence-electron chi connectivity index (χ4n) is 3.27. The third-order valence-electron chi connectivity index (χ3n) is 4.80. The third-order valence-corrected chi connectivity index (χ3v) is 4.80. The maximum Gasteiger partial charge on any atom is 0.336 e. The number of methoxy groups -OCH3 is 1. The summed E-state index contributed by atoms with van der Waals surface area (Å²) in [6.45, 7) is 1.93. The third kappa shape index (κ3) is 4.59. The maximum atomic E-state index is 13.2. The van der Waals surface area contributed by atoms with Gasteiger partial charge in [-0.15, -0.1) is 0 Å². The molecule has 0 spiro atoms. The molecule has 6 nitrogen and oxygen atoms in total. The van der Waals surface area contributed by atoms with Gasteiger partial charge < -0.3 is 19.2 Å². The topological polar surface area (TPSA) is 77.8 Å². The van der Waals surface area contributed by atoms with Crippen molar-refractivity contribution in [3.8, 4) is 11.5 Å². The van der Waals surface area contributed by atoms with Gasteiger partial charge in [0.2, 0.25) is 6.10 Å². The van der Waals surface area contributed by atoms with E-state index in [2.05, 4.69) is 5.32 Å². The van der Waals surface area contributed by atoms with Gasteiger partial charge in [0.1, 0.15) is 17.1 Å². The van der Waals surface area contributed by atoms with Crippen molar-refractivity contribution in [1.82, 2.24) is 0 Å². The van der Waals surface area contributed by atoms with Gasteiger partial charge in [-0.25, -0.2) is 4.79 Å². The fourth-order valence-corrected chi connectivity index (χ4v) is 3.27. The lowest BCUT2D eigenvalue weighted by molar-refractivity contribution is -0.123. The smallest absolute Gasteiger partial charge is 0.336 e. The highest BCUT2D eigenvalue weighted by atomic mass is 16.5. The van der Waals surface area contributed by atoms with Gasteiger partial charge in [0.25, 0.3) is 5.91 Å². The Morgan fingerprint density at radius 3 is 2.52 bits per heavy atom. The van der Waals surface area contributed by atoms with Crippen molar-refractivity contribution in [2.45, 2.75) is 13.0 Å². The SMILES string of the molecule is COc1ccc(C)cc1NC(=O)[C@H](Oc1ccc2ccc(=O)oc2c1)c1ccccc1. The van der Waals surface area contributed by atoms with Crippen molar-refractivity contribution in [3.05, 3.63) is 100 Å². The molecular weight excluding hydrogens is 394 g/mol. The second kappa shape index (κ2) is 8.75. The molecule has 0 radical (unpaired) electrons. The first-order chi connectivity index (χ1) is 15.0. The van der Waals surface area contributed by atoms with Crippen molar-refractivity contribution in [2.75, 3.05) is 12.4 Å². The Morgan fingerprint density at radius 1 is 0.968 bits per heavy atom. The zero-order valence-corrected chi connectivity index (χ0v) is 17.1. The fraction of sp³-hybridized carbons (Fsp3) is 0.120. The largest absolute Gasteiger partial charge is 0.495 e. The van der Waals surface area contributed by atoms with Crippen LogP contribution < -0.4 is 20.4 Å². The minimum Gasteiger partial charge on any atom is -0.495 e. The Kier molecular flexibility index (Phi) is 5.71. The highest BCUT2D eigenvalue weighted by Gasteiger charge is 2.24. The van der Waals surface area contributed by atoms with Gasteiger partial charge >= 0.3 is 5.63 Å². The first-order valence-corrected chi connectivity index (χ1v) is 9.74. The number of ether oxygens (including phenoxy) is 2. The summed E-state index contributed by atoms with van der Waals surface area (Å²) < 4.78 is 16.7. The number of carbonyl (C=O) groups excluding carboxylic acids is 1. The second-order valence-electron chi connectivity index (χ2n) is 7.06. The monoisotopic (exact) mass is 415 g/mol. The molecule has 31 heavy (non-hydrogen) atoms. The lowest BCUT2D eigenvalue weighted by Gasteiger charge is -2.20. The summed E-state index contributed by atoms with van der Waals surface area (Å²) in [7, 11) is 1.55. The van der Waals surface area contributed by atoms with Crippen molar-refractivity contribution in [2.24, 2.45) is 0 Å². The average molecular weight is 415 g/mol. The number of benzene rings is 3. The highest BCUT2D eigenvalue weighted by molar-refractivity contribution is 5.96. The number of rotatable bonds is 6. The van der Waals surface area contributed by atoms with Crippen LogP contribution in [0.4, 0.5) is 5.69 Å². The Labute approximate surface area is 179 Å². The molecule has 4 aromatic rings. The number of nitrogens with one attached hydrogen (secondary N) is 1. The van der Waals surface area contributed by atoms with Crippen LogP contribution in [0.25, 0.3) is 11.0 Å². The van der Waals surface area contributed by atoms with Gasteiger partial charge in [0, 0.05) is 23.1 Å². The Hall–Kier alpha value is -4.06. The molecule has 0 saturated heterocycles. The van der Waals surface area contributed by atoms with Crippen LogP contribution in [0.2, 0.25) is 0 Å². The first-order valence-electron chi connectivity index (χ1n) is 9.74. The van der Waals surface area contributed by atoms with Crippen LogP contribution in [-0.4, -0.2) is 13.0 Å². The molecule has 3 aromatic carbocycles. The maximum absolute atomic E-state index is 13.2. The van der Waals surface area contributed by atoms with Crippen LogP contribution in [0.5, 0.6) is 11.5 Å². The van der Waals surface area contributed by atoms with Crippen molar-refractivity contribution in [3.63, 3.8) is 0 Å². The van der Waals surface area contributed by atoms with E-state index in [9.17, 15) is 9.59 Å². The van der Waals surface area contributed by atoms with E-state index in [1.165, 1.54) is 6.07 Å². The van der Waals surface area contributed by atoms with Crippen LogP contribution in [0, 0.1) is 6.92 Å². The van der Waals surface area contributed by atoms with Gasteiger partial charge in [0.05, 0.1) is 12.8 Å². The summed E-state index contributed by atoms with van der Waals surface area (Å²) in [5.74, 6) is 0.602. The van der Waals surface area contributed by atoms with E-state index < -0.39 is 11.7 Å². The minimum atomic E-state index is -0.931. The van der Waals surface area contributed by atoms with Crippen molar-refractivity contribution < 1.29 is 18.7 Å². The van der Waals surface area contributed by atoms with Crippen LogP contribution in [0.3, 0.4) is 0 Å². The number of carbonyl (C=O) groups is 1. The number of hydrogen-bond acceptors (Lipinski definition) is 5. The molecule has 0 fully saturated rings. The summed E-state index contributed by atoms with van der Waals surface area (Å²) in [5.41, 5.74) is 2.16. The van der Waals surface area contributed by atoms with E-state index in [0.29, 0.717) is 28.3 Å². The molecule has 1 N–H and O–H groups in total. The summed E-state index contributed by atoms with van der Waals surface area (Å²) in [4.78, 5) is 24.8. The number of anilines is 1. The molecule has 1 heterocycles. The predicted octanol–water partition coefficient (Wildman–Crippen LogP) is 4.87. The molecule has 1 aromatic heterocycles. The highest BCUT2D eigenvalue weighted by Crippen LogP contribution is 2.29. The number of fused-ring (bicyclic) bond motifs is 1. The van der Waals surface area contributed by atoms with E-state index in [1.807, 2.05) is 49.4 Å².